The lowest BCUT2D eigenvalue weighted by molar-refractivity contribution is -0.706. The summed E-state index contributed by atoms with van der Waals surface area (Å²) >= 11 is 10.3. The van der Waals surface area contributed by atoms with Crippen molar-refractivity contribution in [2.45, 2.75) is 5.03 Å². The zero-order valence-corrected chi connectivity index (χ0v) is 17.1. The van der Waals surface area contributed by atoms with Crippen LogP contribution in [-0.4, -0.2) is 18.7 Å². The summed E-state index contributed by atoms with van der Waals surface area (Å²) in [5, 5.41) is 15.4. The molecule has 0 radical (unpaired) electrons. The van der Waals surface area contributed by atoms with Crippen molar-refractivity contribution < 1.29 is 22.7 Å². The van der Waals surface area contributed by atoms with E-state index < -0.39 is 21.0 Å². The van der Waals surface area contributed by atoms with E-state index in [-0.39, 0.29) is 5.13 Å². The molecule has 0 bridgehead atoms. The van der Waals surface area contributed by atoms with E-state index in [4.69, 9.17) is 11.6 Å². The van der Waals surface area contributed by atoms with Gasteiger partial charge in [0.05, 0.1) is 15.5 Å². The lowest BCUT2D eigenvalue weighted by Crippen LogP contribution is -2.40. The Labute approximate surface area is 170 Å². The van der Waals surface area contributed by atoms with Gasteiger partial charge in [-0.3, -0.25) is 0 Å². The van der Waals surface area contributed by atoms with Gasteiger partial charge in [-0.15, -0.1) is 0 Å². The Hall–Kier alpha value is -2.21. The summed E-state index contributed by atoms with van der Waals surface area (Å²) < 4.78 is 35.0. The van der Waals surface area contributed by atoms with E-state index in [0.717, 1.165) is 25.2 Å². The molecular weight excluding hydrogens is 480 g/mol. The first-order chi connectivity index (χ1) is 12.8. The Morgan fingerprint density at radius 1 is 1.22 bits per heavy atom. The second-order valence-electron chi connectivity index (χ2n) is 5.29. The molecule has 138 valence electrons. The number of halogens is 2. The summed E-state index contributed by atoms with van der Waals surface area (Å²) in [5.74, 6) is -1.10. The van der Waals surface area contributed by atoms with Crippen LogP contribution in [0.15, 0.2) is 56.5 Å². The molecule has 2 aromatic heterocycles. The summed E-state index contributed by atoms with van der Waals surface area (Å²) in [7, 11) is -4.30. The third-order valence-electron chi connectivity index (χ3n) is 3.47. The quantitative estimate of drug-likeness (QED) is 0.443. The van der Waals surface area contributed by atoms with Gasteiger partial charge >= 0.3 is 15.0 Å². The predicted octanol–water partition coefficient (Wildman–Crippen LogP) is 2.85. The van der Waals surface area contributed by atoms with Gasteiger partial charge in [-0.25, -0.2) is 9.71 Å². The maximum atomic E-state index is 12.8. The fourth-order valence-electron chi connectivity index (χ4n) is 2.32. The highest BCUT2D eigenvalue weighted by Crippen LogP contribution is 2.30. The van der Waals surface area contributed by atoms with Crippen LogP contribution < -0.4 is 14.5 Å². The van der Waals surface area contributed by atoms with Crippen molar-refractivity contribution in [3.63, 3.8) is 0 Å². The van der Waals surface area contributed by atoms with Crippen molar-refractivity contribution in [2.75, 3.05) is 4.72 Å². The number of aromatic nitrogens is 3. The molecule has 0 saturated heterocycles. The summed E-state index contributed by atoms with van der Waals surface area (Å²) in [5.41, 5.74) is 0.929. The minimum Gasteiger partial charge on any atom is -0.538 e. The lowest BCUT2D eigenvalue weighted by atomic mass is 10.3. The molecule has 12 heteroatoms. The normalized spacial score (nSPS) is 11.8. The molecule has 2 aromatic carbocycles. The molecule has 0 saturated carbocycles. The first kappa shape index (κ1) is 18.2. The number of thiazole rings is 1. The molecule has 0 atom stereocenters. The Morgan fingerprint density at radius 2 is 1.96 bits per heavy atom. The van der Waals surface area contributed by atoms with Gasteiger partial charge < -0.3 is 9.63 Å². The van der Waals surface area contributed by atoms with Crippen LogP contribution in [0, 0.1) is 0 Å². The van der Waals surface area contributed by atoms with Crippen molar-refractivity contribution in [3.8, 4) is 11.6 Å². The fraction of sp³-hybridized carbons (Fsp3) is 0. The number of fused-ring (bicyclic) bond motifs is 1. The number of anilines is 1. The predicted molar refractivity (Wildman–Crippen MR) is 101 cm³/mol. The van der Waals surface area contributed by atoms with Crippen LogP contribution in [0.2, 0.25) is 5.02 Å². The SMILES string of the molecule is O=S(=O)(Nc1nc2ccc(Br)cc2s1)c1c([O-])on[n+]1-c1ccc(Cl)cc1. The number of nitrogens with zero attached hydrogens (tertiary/aromatic N) is 3. The maximum Gasteiger partial charge on any atom is 0.373 e. The molecule has 0 aliphatic carbocycles. The molecular formula is C15H8BrClN4O4S2. The number of nitrogens with one attached hydrogen (secondary N) is 1. The molecule has 0 unspecified atom stereocenters. The Morgan fingerprint density at radius 3 is 2.70 bits per heavy atom. The number of rotatable bonds is 4. The number of hydrogen-bond donors (Lipinski definition) is 1. The Kier molecular flexibility index (Phi) is 4.54. The molecule has 0 aliphatic rings. The molecule has 2 heterocycles. The van der Waals surface area contributed by atoms with Gasteiger partial charge in [0, 0.05) is 21.6 Å². The fourth-order valence-corrected chi connectivity index (χ4v) is 5.20. The van der Waals surface area contributed by atoms with E-state index >= 15 is 0 Å². The van der Waals surface area contributed by atoms with Crippen LogP contribution in [0.3, 0.4) is 0 Å². The van der Waals surface area contributed by atoms with Crippen LogP contribution in [-0.2, 0) is 10.0 Å². The van der Waals surface area contributed by atoms with E-state index in [1.807, 2.05) is 6.07 Å². The standard InChI is InChI=1S/C15H8BrClN4O4S2/c16-8-1-6-11-12(7-8)26-15(18-11)19-27(23,24)13-14(22)25-20-21(13)10-4-2-9(17)3-5-10/h1-7H,(H-,18,19,20,22). The molecule has 27 heavy (non-hydrogen) atoms. The van der Waals surface area contributed by atoms with Crippen molar-refractivity contribution in [1.82, 2.24) is 10.3 Å². The second kappa shape index (κ2) is 6.75. The van der Waals surface area contributed by atoms with E-state index in [1.165, 1.54) is 24.3 Å². The van der Waals surface area contributed by atoms with Crippen LogP contribution in [0.4, 0.5) is 5.13 Å². The van der Waals surface area contributed by atoms with Gasteiger partial charge in [0.2, 0.25) is 5.69 Å². The number of benzene rings is 2. The van der Waals surface area contributed by atoms with Gasteiger partial charge in [0.25, 0.3) is 0 Å². The van der Waals surface area contributed by atoms with Crippen molar-refractivity contribution >= 4 is 64.2 Å². The van der Waals surface area contributed by atoms with Crippen LogP contribution in [0.1, 0.15) is 0 Å². The third-order valence-corrected chi connectivity index (χ3v) is 6.59. The minimum atomic E-state index is -4.30. The second-order valence-corrected chi connectivity index (χ2v) is 9.27. The molecule has 0 amide bonds. The van der Waals surface area contributed by atoms with E-state index in [9.17, 15) is 13.5 Å². The van der Waals surface area contributed by atoms with Gasteiger partial charge in [0.1, 0.15) is 0 Å². The smallest absolute Gasteiger partial charge is 0.373 e. The van der Waals surface area contributed by atoms with Crippen molar-refractivity contribution in [3.05, 3.63) is 52.0 Å². The van der Waals surface area contributed by atoms with E-state index in [2.05, 4.69) is 35.4 Å². The Balaban J connectivity index is 1.75. The first-order valence-electron chi connectivity index (χ1n) is 7.27. The topological polar surface area (TPSA) is 112 Å². The van der Waals surface area contributed by atoms with Gasteiger partial charge in [-0.05, 0) is 35.0 Å². The van der Waals surface area contributed by atoms with Gasteiger partial charge in [-0.1, -0.05) is 38.9 Å². The van der Waals surface area contributed by atoms with Crippen molar-refractivity contribution in [1.29, 1.82) is 0 Å². The highest BCUT2D eigenvalue weighted by atomic mass is 79.9. The number of hydrogen-bond acceptors (Lipinski definition) is 7. The van der Waals surface area contributed by atoms with Crippen LogP contribution in [0.5, 0.6) is 5.95 Å². The first-order valence-corrected chi connectivity index (χ1v) is 10.7. The monoisotopic (exact) mass is 486 g/mol. The minimum absolute atomic E-state index is 0.117. The lowest BCUT2D eigenvalue weighted by Gasteiger charge is -2.02. The summed E-state index contributed by atoms with van der Waals surface area (Å²) in [6, 6.07) is 11.5. The third kappa shape index (κ3) is 3.50. The van der Waals surface area contributed by atoms with E-state index in [0.29, 0.717) is 16.2 Å². The highest BCUT2D eigenvalue weighted by molar-refractivity contribution is 9.10. The van der Waals surface area contributed by atoms with Crippen molar-refractivity contribution in [2.24, 2.45) is 0 Å². The van der Waals surface area contributed by atoms with Gasteiger partial charge in [-0.2, -0.15) is 8.42 Å². The zero-order chi connectivity index (χ0) is 19.2. The molecule has 0 aliphatic heterocycles. The molecule has 4 rings (SSSR count). The summed E-state index contributed by atoms with van der Waals surface area (Å²) in [4.78, 5) is 4.22. The molecule has 0 spiro atoms. The Bertz CT molecular complexity index is 1250. The largest absolute Gasteiger partial charge is 0.538 e. The molecule has 8 nitrogen and oxygen atoms in total. The zero-order valence-electron chi connectivity index (χ0n) is 13.1. The maximum absolute atomic E-state index is 12.8. The summed E-state index contributed by atoms with van der Waals surface area (Å²) in [6.07, 6.45) is 0. The average Bonchev–Trinajstić information content (AvgIpc) is 3.18. The van der Waals surface area contributed by atoms with Crippen LogP contribution in [0.25, 0.3) is 15.9 Å². The molecule has 1 N–H and O–H groups in total. The average molecular weight is 488 g/mol. The summed E-state index contributed by atoms with van der Waals surface area (Å²) in [6.45, 7) is 0. The van der Waals surface area contributed by atoms with Crippen LogP contribution >= 0.6 is 38.9 Å². The highest BCUT2D eigenvalue weighted by Gasteiger charge is 2.34. The molecule has 4 aromatic rings. The molecule has 0 fully saturated rings. The van der Waals surface area contributed by atoms with E-state index in [1.54, 1.807) is 12.1 Å². The number of sulfonamides is 1. The van der Waals surface area contributed by atoms with Gasteiger partial charge in [0.15, 0.2) is 11.1 Å².